The van der Waals surface area contributed by atoms with Gasteiger partial charge in [0.2, 0.25) is 11.8 Å². The third-order valence-corrected chi connectivity index (χ3v) is 5.06. The summed E-state index contributed by atoms with van der Waals surface area (Å²) >= 11 is 0. The van der Waals surface area contributed by atoms with Gasteiger partial charge in [-0.1, -0.05) is 27.7 Å². The molecule has 27 heavy (non-hydrogen) atoms. The molecule has 152 valence electrons. The molecule has 2 rings (SSSR count). The van der Waals surface area contributed by atoms with Crippen LogP contribution in [0.2, 0.25) is 0 Å². The summed E-state index contributed by atoms with van der Waals surface area (Å²) in [5.41, 5.74) is -0.524. The van der Waals surface area contributed by atoms with E-state index >= 15 is 0 Å². The molecule has 0 aromatic carbocycles. The minimum absolute atomic E-state index is 0.000245. The van der Waals surface area contributed by atoms with E-state index in [0.717, 1.165) is 31.6 Å². The molecule has 2 atom stereocenters. The lowest BCUT2D eigenvalue weighted by atomic mass is 9.93. The highest BCUT2D eigenvalue weighted by Gasteiger charge is 2.33. The Morgan fingerprint density at radius 3 is 2.59 bits per heavy atom. The molecule has 1 aromatic rings. The van der Waals surface area contributed by atoms with Crippen LogP contribution in [0, 0.1) is 5.41 Å². The molecule has 0 saturated carbocycles. The average Bonchev–Trinajstić information content (AvgIpc) is 3.30. The number of furan rings is 1. The van der Waals surface area contributed by atoms with Crippen LogP contribution in [0.4, 0.5) is 0 Å². The number of amides is 2. The lowest BCUT2D eigenvalue weighted by Crippen LogP contribution is -2.50. The first-order valence-electron chi connectivity index (χ1n) is 9.95. The standard InChI is InChI=1S/C21H34N2O4/c1-6-16(2)23(20(25)21(3,4)5)15-19(24)22(13-17-9-7-11-26-17)14-18-10-8-12-27-18/h7,9,11,16,18H,6,8,10,12-15H2,1-5H3/t16-,18-/m0/s1. The molecular formula is C21H34N2O4. The molecular weight excluding hydrogens is 344 g/mol. The Hall–Kier alpha value is -1.82. The second kappa shape index (κ2) is 9.40. The predicted octanol–water partition coefficient (Wildman–Crippen LogP) is 3.46. The fourth-order valence-corrected chi connectivity index (χ4v) is 3.20. The Labute approximate surface area is 162 Å². The molecule has 0 N–H and O–H groups in total. The zero-order chi connectivity index (χ0) is 20.0. The van der Waals surface area contributed by atoms with Crippen LogP contribution in [0.1, 0.15) is 59.6 Å². The molecule has 6 heteroatoms. The van der Waals surface area contributed by atoms with Gasteiger partial charge in [-0.15, -0.1) is 0 Å². The molecule has 0 bridgehead atoms. The largest absolute Gasteiger partial charge is 0.467 e. The van der Waals surface area contributed by atoms with Gasteiger partial charge in [0.15, 0.2) is 0 Å². The summed E-state index contributed by atoms with van der Waals surface area (Å²) in [4.78, 5) is 29.5. The molecule has 6 nitrogen and oxygen atoms in total. The third kappa shape index (κ3) is 6.09. The van der Waals surface area contributed by atoms with E-state index in [9.17, 15) is 9.59 Å². The summed E-state index contributed by atoms with van der Waals surface area (Å²) in [5, 5.41) is 0. The molecule has 1 saturated heterocycles. The summed E-state index contributed by atoms with van der Waals surface area (Å²) in [6.07, 6.45) is 4.45. The van der Waals surface area contributed by atoms with Crippen molar-refractivity contribution >= 4 is 11.8 Å². The van der Waals surface area contributed by atoms with Gasteiger partial charge in [-0.05, 0) is 38.3 Å². The smallest absolute Gasteiger partial charge is 0.242 e. The zero-order valence-corrected chi connectivity index (χ0v) is 17.4. The zero-order valence-electron chi connectivity index (χ0n) is 17.4. The highest BCUT2D eigenvalue weighted by Crippen LogP contribution is 2.21. The number of ether oxygens (including phenoxy) is 1. The van der Waals surface area contributed by atoms with Gasteiger partial charge in [0.05, 0.1) is 18.9 Å². The van der Waals surface area contributed by atoms with Crippen molar-refractivity contribution in [3.05, 3.63) is 24.2 Å². The molecule has 0 radical (unpaired) electrons. The predicted molar refractivity (Wildman–Crippen MR) is 104 cm³/mol. The first kappa shape index (κ1) is 21.5. The lowest BCUT2D eigenvalue weighted by molar-refractivity contribution is -0.148. The summed E-state index contributed by atoms with van der Waals surface area (Å²) < 4.78 is 11.2. The van der Waals surface area contributed by atoms with E-state index in [-0.39, 0.29) is 30.5 Å². The quantitative estimate of drug-likeness (QED) is 0.695. The molecule has 1 aliphatic heterocycles. The maximum absolute atomic E-state index is 13.2. The molecule has 2 amide bonds. The van der Waals surface area contributed by atoms with E-state index < -0.39 is 5.41 Å². The van der Waals surface area contributed by atoms with Gasteiger partial charge in [-0.25, -0.2) is 0 Å². The fourth-order valence-electron chi connectivity index (χ4n) is 3.20. The summed E-state index contributed by atoms with van der Waals surface area (Å²) in [5.74, 6) is 0.665. The Bertz CT molecular complexity index is 600. The topological polar surface area (TPSA) is 63.0 Å². The van der Waals surface area contributed by atoms with Crippen molar-refractivity contribution in [3.8, 4) is 0 Å². The normalized spacial score (nSPS) is 18.3. The van der Waals surface area contributed by atoms with Crippen LogP contribution < -0.4 is 0 Å². The third-order valence-electron chi connectivity index (χ3n) is 5.06. The van der Waals surface area contributed by atoms with Crippen molar-refractivity contribution in [1.29, 1.82) is 0 Å². The van der Waals surface area contributed by atoms with E-state index in [4.69, 9.17) is 9.15 Å². The van der Waals surface area contributed by atoms with Crippen LogP contribution in [0.25, 0.3) is 0 Å². The van der Waals surface area contributed by atoms with Crippen molar-refractivity contribution in [3.63, 3.8) is 0 Å². The van der Waals surface area contributed by atoms with Crippen LogP contribution in [-0.2, 0) is 20.9 Å². The molecule has 1 aliphatic rings. The Morgan fingerprint density at radius 2 is 2.07 bits per heavy atom. The maximum atomic E-state index is 13.2. The van der Waals surface area contributed by atoms with Gasteiger partial charge < -0.3 is 19.0 Å². The lowest BCUT2D eigenvalue weighted by Gasteiger charge is -2.35. The van der Waals surface area contributed by atoms with E-state index in [1.165, 1.54) is 0 Å². The van der Waals surface area contributed by atoms with Gasteiger partial charge in [0.25, 0.3) is 0 Å². The molecule has 0 spiro atoms. The van der Waals surface area contributed by atoms with E-state index in [1.807, 2.05) is 46.8 Å². The van der Waals surface area contributed by atoms with Gasteiger partial charge in [0, 0.05) is 24.6 Å². The summed E-state index contributed by atoms with van der Waals surface area (Å²) in [6.45, 7) is 11.4. The van der Waals surface area contributed by atoms with Crippen LogP contribution in [0.3, 0.4) is 0 Å². The van der Waals surface area contributed by atoms with Gasteiger partial charge in [-0.3, -0.25) is 9.59 Å². The average molecular weight is 379 g/mol. The van der Waals surface area contributed by atoms with E-state index in [1.54, 1.807) is 16.1 Å². The highest BCUT2D eigenvalue weighted by molar-refractivity contribution is 5.87. The number of rotatable bonds is 8. The maximum Gasteiger partial charge on any atom is 0.242 e. The first-order valence-corrected chi connectivity index (χ1v) is 9.95. The van der Waals surface area contributed by atoms with E-state index in [0.29, 0.717) is 13.1 Å². The minimum atomic E-state index is -0.524. The van der Waals surface area contributed by atoms with Crippen molar-refractivity contribution < 1.29 is 18.7 Å². The monoisotopic (exact) mass is 378 g/mol. The number of hydrogen-bond donors (Lipinski definition) is 0. The van der Waals surface area contributed by atoms with Crippen molar-refractivity contribution in [2.75, 3.05) is 19.7 Å². The Kier molecular flexibility index (Phi) is 7.48. The number of hydrogen-bond acceptors (Lipinski definition) is 4. The van der Waals surface area contributed by atoms with Crippen molar-refractivity contribution in [2.24, 2.45) is 5.41 Å². The number of nitrogens with zero attached hydrogens (tertiary/aromatic N) is 2. The van der Waals surface area contributed by atoms with E-state index in [2.05, 4.69) is 0 Å². The van der Waals surface area contributed by atoms with Crippen LogP contribution in [0.15, 0.2) is 22.8 Å². The molecule has 1 fully saturated rings. The second-order valence-electron chi connectivity index (χ2n) is 8.43. The summed E-state index contributed by atoms with van der Waals surface area (Å²) in [7, 11) is 0. The SMILES string of the molecule is CC[C@H](C)N(CC(=O)N(Cc1ccco1)C[C@@H]1CCCO1)C(=O)C(C)(C)C. The second-order valence-corrected chi connectivity index (χ2v) is 8.43. The van der Waals surface area contributed by atoms with Crippen LogP contribution in [-0.4, -0.2) is 53.5 Å². The number of carbonyl (C=O) groups is 2. The van der Waals surface area contributed by atoms with Crippen LogP contribution in [0.5, 0.6) is 0 Å². The Morgan fingerprint density at radius 1 is 1.33 bits per heavy atom. The van der Waals surface area contributed by atoms with Crippen LogP contribution >= 0.6 is 0 Å². The summed E-state index contributed by atoms with van der Waals surface area (Å²) in [6, 6.07) is 3.69. The number of carbonyl (C=O) groups excluding carboxylic acids is 2. The Balaban J connectivity index is 2.13. The van der Waals surface area contributed by atoms with Crippen molar-refractivity contribution in [2.45, 2.75) is 72.6 Å². The van der Waals surface area contributed by atoms with Gasteiger partial charge >= 0.3 is 0 Å². The molecule has 1 aromatic heterocycles. The molecule has 2 heterocycles. The molecule has 0 aliphatic carbocycles. The fraction of sp³-hybridized carbons (Fsp3) is 0.714. The first-order chi connectivity index (χ1) is 12.7. The highest BCUT2D eigenvalue weighted by atomic mass is 16.5. The minimum Gasteiger partial charge on any atom is -0.467 e. The van der Waals surface area contributed by atoms with Crippen molar-refractivity contribution in [1.82, 2.24) is 9.80 Å². The van der Waals surface area contributed by atoms with Gasteiger partial charge in [0.1, 0.15) is 12.3 Å². The molecule has 0 unspecified atom stereocenters. The van der Waals surface area contributed by atoms with Gasteiger partial charge in [-0.2, -0.15) is 0 Å².